The van der Waals surface area contributed by atoms with Crippen molar-refractivity contribution in [3.05, 3.63) is 33.9 Å². The van der Waals surface area contributed by atoms with Gasteiger partial charge >= 0.3 is 0 Å². The Bertz CT molecular complexity index is 426. The molecule has 106 valence electrons. The Balaban J connectivity index is 2.62. The predicted molar refractivity (Wildman–Crippen MR) is 78.9 cm³/mol. The van der Waals surface area contributed by atoms with Crippen LogP contribution in [-0.2, 0) is 6.54 Å². The summed E-state index contributed by atoms with van der Waals surface area (Å²) in [5, 5.41) is 14.1. The summed E-state index contributed by atoms with van der Waals surface area (Å²) in [7, 11) is 1.51. The molecule has 0 fully saturated rings. The monoisotopic (exact) mass is 284 g/mol. The lowest BCUT2D eigenvalue weighted by atomic mass is 10.1. The highest BCUT2D eigenvalue weighted by Crippen LogP contribution is 2.22. The SMILES string of the molecule is COc1cc(CNCC(C)CSC)cc([N+](=O)[O-])c1. The van der Waals surface area contributed by atoms with Gasteiger partial charge in [-0.3, -0.25) is 10.1 Å². The Labute approximate surface area is 117 Å². The number of ether oxygens (including phenoxy) is 1. The third kappa shape index (κ3) is 5.48. The summed E-state index contributed by atoms with van der Waals surface area (Å²) in [6.45, 7) is 3.68. The molecule has 1 aromatic carbocycles. The molecule has 1 rings (SSSR count). The van der Waals surface area contributed by atoms with Gasteiger partial charge in [0.15, 0.2) is 0 Å². The molecule has 1 unspecified atom stereocenters. The van der Waals surface area contributed by atoms with Crippen LogP contribution in [0.25, 0.3) is 0 Å². The van der Waals surface area contributed by atoms with Gasteiger partial charge in [-0.2, -0.15) is 11.8 Å². The third-order valence-electron chi connectivity index (χ3n) is 2.67. The Morgan fingerprint density at radius 1 is 1.47 bits per heavy atom. The highest BCUT2D eigenvalue weighted by atomic mass is 32.2. The van der Waals surface area contributed by atoms with Crippen LogP contribution in [0.2, 0.25) is 0 Å². The van der Waals surface area contributed by atoms with Crippen molar-refractivity contribution in [3.8, 4) is 5.75 Å². The van der Waals surface area contributed by atoms with E-state index in [4.69, 9.17) is 4.74 Å². The molecule has 0 spiro atoms. The van der Waals surface area contributed by atoms with Crippen LogP contribution in [0.3, 0.4) is 0 Å². The lowest BCUT2D eigenvalue weighted by Crippen LogP contribution is -2.22. The molecule has 0 heterocycles. The van der Waals surface area contributed by atoms with E-state index in [0.29, 0.717) is 18.2 Å². The van der Waals surface area contributed by atoms with Crippen molar-refractivity contribution < 1.29 is 9.66 Å². The number of methoxy groups -OCH3 is 1. The van der Waals surface area contributed by atoms with E-state index in [1.807, 2.05) is 17.8 Å². The smallest absolute Gasteiger partial charge is 0.273 e. The normalized spacial score (nSPS) is 12.2. The van der Waals surface area contributed by atoms with Crippen molar-refractivity contribution in [1.82, 2.24) is 5.32 Å². The van der Waals surface area contributed by atoms with Crippen molar-refractivity contribution >= 4 is 17.4 Å². The second-order valence-electron chi connectivity index (χ2n) is 4.49. The highest BCUT2D eigenvalue weighted by molar-refractivity contribution is 7.98. The van der Waals surface area contributed by atoms with Crippen molar-refractivity contribution in [1.29, 1.82) is 0 Å². The third-order valence-corrected chi connectivity index (χ3v) is 3.57. The standard InChI is InChI=1S/C13H20N2O3S/c1-10(9-19-3)7-14-8-11-4-12(15(16)17)6-13(5-11)18-2/h4-6,10,14H,7-9H2,1-3H3. The summed E-state index contributed by atoms with van der Waals surface area (Å²) in [4.78, 5) is 10.4. The number of nitrogens with zero attached hydrogens (tertiary/aromatic N) is 1. The van der Waals surface area contributed by atoms with Gasteiger partial charge in [0.2, 0.25) is 0 Å². The molecular formula is C13H20N2O3S. The molecule has 1 N–H and O–H groups in total. The first kappa shape index (κ1) is 15.8. The second-order valence-corrected chi connectivity index (χ2v) is 5.40. The van der Waals surface area contributed by atoms with Crippen LogP contribution in [0.15, 0.2) is 18.2 Å². The summed E-state index contributed by atoms with van der Waals surface area (Å²) in [5.41, 5.74) is 0.927. The summed E-state index contributed by atoms with van der Waals surface area (Å²) in [6.07, 6.45) is 2.09. The van der Waals surface area contributed by atoms with E-state index in [-0.39, 0.29) is 5.69 Å². The second kappa shape index (κ2) is 8.01. The first-order valence-electron chi connectivity index (χ1n) is 6.08. The maximum Gasteiger partial charge on any atom is 0.273 e. The predicted octanol–water partition coefficient (Wildman–Crippen LogP) is 2.69. The Morgan fingerprint density at radius 3 is 2.79 bits per heavy atom. The molecule has 0 aliphatic rings. The average Bonchev–Trinajstić information content (AvgIpc) is 2.38. The van der Waals surface area contributed by atoms with Crippen molar-refractivity contribution in [3.63, 3.8) is 0 Å². The summed E-state index contributed by atoms with van der Waals surface area (Å²) in [5.74, 6) is 2.20. The number of hydrogen-bond acceptors (Lipinski definition) is 5. The molecule has 0 radical (unpaired) electrons. The zero-order valence-electron chi connectivity index (χ0n) is 11.5. The van der Waals surface area contributed by atoms with E-state index in [2.05, 4.69) is 18.5 Å². The Kier molecular flexibility index (Phi) is 6.66. The first-order valence-corrected chi connectivity index (χ1v) is 7.48. The quantitative estimate of drug-likeness (QED) is 0.587. The molecule has 0 bridgehead atoms. The maximum atomic E-state index is 10.8. The highest BCUT2D eigenvalue weighted by Gasteiger charge is 2.10. The van der Waals surface area contributed by atoms with Crippen LogP contribution in [-0.4, -0.2) is 30.6 Å². The maximum absolute atomic E-state index is 10.8. The number of nitro benzene ring substituents is 1. The summed E-state index contributed by atoms with van der Waals surface area (Å²) in [6, 6.07) is 4.83. The molecule has 0 saturated heterocycles. The molecule has 19 heavy (non-hydrogen) atoms. The van der Waals surface area contributed by atoms with Gasteiger partial charge in [0.05, 0.1) is 18.1 Å². The lowest BCUT2D eigenvalue weighted by Gasteiger charge is -2.11. The number of rotatable bonds is 8. The Hall–Kier alpha value is -1.27. The minimum absolute atomic E-state index is 0.0633. The largest absolute Gasteiger partial charge is 0.496 e. The zero-order valence-corrected chi connectivity index (χ0v) is 12.3. The number of nitrogens with one attached hydrogen (secondary N) is 1. The number of thioether (sulfide) groups is 1. The van der Waals surface area contributed by atoms with E-state index in [1.54, 1.807) is 6.07 Å². The van der Waals surface area contributed by atoms with Gasteiger partial charge in [-0.05, 0) is 36.1 Å². The van der Waals surface area contributed by atoms with Gasteiger partial charge in [-0.15, -0.1) is 0 Å². The van der Waals surface area contributed by atoms with E-state index in [0.717, 1.165) is 17.9 Å². The van der Waals surface area contributed by atoms with Crippen LogP contribution in [0, 0.1) is 16.0 Å². The van der Waals surface area contributed by atoms with Crippen molar-refractivity contribution in [2.75, 3.05) is 25.7 Å². The number of non-ortho nitro benzene ring substituents is 1. The minimum atomic E-state index is -0.400. The van der Waals surface area contributed by atoms with Gasteiger partial charge in [0, 0.05) is 12.6 Å². The van der Waals surface area contributed by atoms with Crippen LogP contribution >= 0.6 is 11.8 Å². The average molecular weight is 284 g/mol. The van der Waals surface area contributed by atoms with Crippen molar-refractivity contribution in [2.45, 2.75) is 13.5 Å². The molecule has 5 nitrogen and oxygen atoms in total. The summed E-state index contributed by atoms with van der Waals surface area (Å²) < 4.78 is 5.08. The van der Waals surface area contributed by atoms with E-state index >= 15 is 0 Å². The van der Waals surface area contributed by atoms with Crippen LogP contribution in [0.5, 0.6) is 5.75 Å². The van der Waals surface area contributed by atoms with Gasteiger partial charge in [0.25, 0.3) is 5.69 Å². The number of hydrogen-bond donors (Lipinski definition) is 1. The van der Waals surface area contributed by atoms with E-state index < -0.39 is 4.92 Å². The Morgan fingerprint density at radius 2 is 2.21 bits per heavy atom. The molecule has 0 aliphatic carbocycles. The van der Waals surface area contributed by atoms with Gasteiger partial charge in [-0.1, -0.05) is 6.92 Å². The van der Waals surface area contributed by atoms with Gasteiger partial charge in [0.1, 0.15) is 5.75 Å². The zero-order chi connectivity index (χ0) is 14.3. The fraction of sp³-hybridized carbons (Fsp3) is 0.538. The molecule has 6 heteroatoms. The molecular weight excluding hydrogens is 264 g/mol. The van der Waals surface area contributed by atoms with Gasteiger partial charge < -0.3 is 10.1 Å². The first-order chi connectivity index (χ1) is 9.06. The topological polar surface area (TPSA) is 64.4 Å². The fourth-order valence-electron chi connectivity index (χ4n) is 1.78. The van der Waals surface area contributed by atoms with Crippen LogP contribution < -0.4 is 10.1 Å². The molecule has 0 saturated carbocycles. The molecule has 0 aliphatic heterocycles. The number of benzene rings is 1. The van der Waals surface area contributed by atoms with E-state index in [1.165, 1.54) is 13.2 Å². The van der Waals surface area contributed by atoms with Crippen LogP contribution in [0.1, 0.15) is 12.5 Å². The molecule has 0 amide bonds. The molecule has 0 aromatic heterocycles. The molecule has 1 atom stereocenters. The molecule has 1 aromatic rings. The lowest BCUT2D eigenvalue weighted by molar-refractivity contribution is -0.385. The van der Waals surface area contributed by atoms with Crippen LogP contribution in [0.4, 0.5) is 5.69 Å². The van der Waals surface area contributed by atoms with Crippen molar-refractivity contribution in [2.24, 2.45) is 5.92 Å². The fourth-order valence-corrected chi connectivity index (χ4v) is 2.46. The number of nitro groups is 1. The van der Waals surface area contributed by atoms with Gasteiger partial charge in [-0.25, -0.2) is 0 Å². The summed E-state index contributed by atoms with van der Waals surface area (Å²) >= 11 is 1.82. The van der Waals surface area contributed by atoms with E-state index in [9.17, 15) is 10.1 Å². The minimum Gasteiger partial charge on any atom is -0.496 e.